The Labute approximate surface area is 101 Å². The molecule has 0 radical (unpaired) electrons. The molecule has 1 aromatic rings. The number of aromatic nitrogens is 2. The lowest BCUT2D eigenvalue weighted by Gasteiger charge is -2.04. The highest BCUT2D eigenvalue weighted by atomic mass is 32.2. The number of carbonyl (C=O) groups is 1. The topological polar surface area (TPSA) is 72.2 Å². The van der Waals surface area contributed by atoms with E-state index in [1.807, 2.05) is 17.7 Å². The van der Waals surface area contributed by atoms with Gasteiger partial charge >= 0.3 is 5.97 Å². The minimum atomic E-state index is -0.865. The molecule has 0 aliphatic rings. The van der Waals surface area contributed by atoms with E-state index in [0.29, 0.717) is 17.5 Å². The zero-order chi connectivity index (χ0) is 12.1. The molecule has 1 atom stereocenters. The van der Waals surface area contributed by atoms with Gasteiger partial charge in [-0.2, -0.15) is 0 Å². The maximum atomic E-state index is 11.0. The summed E-state index contributed by atoms with van der Waals surface area (Å²) < 4.78 is 12.8. The van der Waals surface area contributed by atoms with E-state index in [1.54, 1.807) is 6.26 Å². The summed E-state index contributed by atoms with van der Waals surface area (Å²) in [7, 11) is -0.852. The van der Waals surface area contributed by atoms with Crippen molar-refractivity contribution in [3.63, 3.8) is 0 Å². The third-order valence-electron chi connectivity index (χ3n) is 1.80. The Hall–Kier alpha value is -0.820. The number of thioether (sulfide) groups is 1. The molecule has 0 saturated heterocycles. The molecule has 90 valence electrons. The Kier molecular flexibility index (Phi) is 5.01. The fourth-order valence-electron chi connectivity index (χ4n) is 1.15. The van der Waals surface area contributed by atoms with Crippen molar-refractivity contribution in [2.75, 3.05) is 17.8 Å². The van der Waals surface area contributed by atoms with Gasteiger partial charge in [-0.3, -0.25) is 9.00 Å². The number of hydrogen-bond donors (Lipinski definition) is 1. The van der Waals surface area contributed by atoms with Crippen LogP contribution in [0.25, 0.3) is 0 Å². The second kappa shape index (κ2) is 6.05. The maximum Gasteiger partial charge on any atom is 0.313 e. The summed E-state index contributed by atoms with van der Waals surface area (Å²) in [4.78, 5) is 14.7. The molecule has 0 fully saturated rings. The Bertz CT molecular complexity index is 368. The van der Waals surface area contributed by atoms with E-state index in [2.05, 4.69) is 4.98 Å². The zero-order valence-corrected chi connectivity index (χ0v) is 10.8. The van der Waals surface area contributed by atoms with Crippen LogP contribution < -0.4 is 0 Å². The van der Waals surface area contributed by atoms with E-state index in [0.717, 1.165) is 5.69 Å². The average molecular weight is 262 g/mol. The standard InChI is InChI=1S/C9H14N2O3S2/c1-7-5-11(3-4-16(2)14)9(10-7)15-6-8(12)13/h5H,3-4,6H2,1-2H3,(H,12,13). The van der Waals surface area contributed by atoms with E-state index in [1.165, 1.54) is 11.8 Å². The summed E-state index contributed by atoms with van der Waals surface area (Å²) in [6.07, 6.45) is 3.49. The molecule has 1 rings (SSSR count). The lowest BCUT2D eigenvalue weighted by molar-refractivity contribution is -0.133. The monoisotopic (exact) mass is 262 g/mol. The molecule has 1 unspecified atom stereocenters. The number of imidazole rings is 1. The Morgan fingerprint density at radius 1 is 1.69 bits per heavy atom. The van der Waals surface area contributed by atoms with Gasteiger partial charge in [0.25, 0.3) is 0 Å². The van der Waals surface area contributed by atoms with Gasteiger partial charge < -0.3 is 9.67 Å². The SMILES string of the molecule is Cc1cn(CCS(C)=O)c(SCC(=O)O)n1. The van der Waals surface area contributed by atoms with Crippen LogP contribution in [0.4, 0.5) is 0 Å². The maximum absolute atomic E-state index is 11.0. The Morgan fingerprint density at radius 3 is 2.94 bits per heavy atom. The molecule has 5 nitrogen and oxygen atoms in total. The average Bonchev–Trinajstić information content (AvgIpc) is 2.52. The van der Waals surface area contributed by atoms with Gasteiger partial charge in [-0.25, -0.2) is 4.98 Å². The van der Waals surface area contributed by atoms with Gasteiger partial charge in [-0.1, -0.05) is 11.8 Å². The summed E-state index contributed by atoms with van der Waals surface area (Å²) in [6.45, 7) is 2.45. The minimum Gasteiger partial charge on any atom is -0.481 e. The zero-order valence-electron chi connectivity index (χ0n) is 9.17. The summed E-state index contributed by atoms with van der Waals surface area (Å²) in [6, 6.07) is 0. The Balaban J connectivity index is 2.67. The molecular formula is C9H14N2O3S2. The van der Waals surface area contributed by atoms with E-state index in [-0.39, 0.29) is 5.75 Å². The number of hydrogen-bond acceptors (Lipinski definition) is 4. The van der Waals surface area contributed by atoms with E-state index >= 15 is 0 Å². The molecule has 0 aliphatic heterocycles. The van der Waals surface area contributed by atoms with Crippen LogP contribution in [0.5, 0.6) is 0 Å². The van der Waals surface area contributed by atoms with E-state index in [9.17, 15) is 9.00 Å². The molecule has 0 aromatic carbocycles. The van der Waals surface area contributed by atoms with Gasteiger partial charge in [-0.05, 0) is 6.92 Å². The first-order valence-electron chi connectivity index (χ1n) is 4.67. The number of carboxylic acids is 1. The van der Waals surface area contributed by atoms with Crippen molar-refractivity contribution in [3.05, 3.63) is 11.9 Å². The van der Waals surface area contributed by atoms with Gasteiger partial charge in [-0.15, -0.1) is 0 Å². The summed E-state index contributed by atoms with van der Waals surface area (Å²) in [5, 5.41) is 9.26. The molecule has 1 heterocycles. The van der Waals surface area contributed by atoms with Crippen molar-refractivity contribution in [2.24, 2.45) is 0 Å². The number of rotatable bonds is 6. The predicted molar refractivity (Wildman–Crippen MR) is 64.3 cm³/mol. The molecule has 16 heavy (non-hydrogen) atoms. The number of nitrogens with zero attached hydrogens (tertiary/aromatic N) is 2. The molecule has 1 aromatic heterocycles. The normalized spacial score (nSPS) is 12.6. The predicted octanol–water partition coefficient (Wildman–Crippen LogP) is 0.747. The van der Waals surface area contributed by atoms with Gasteiger partial charge in [0.05, 0.1) is 11.4 Å². The molecule has 0 spiro atoms. The quantitative estimate of drug-likeness (QED) is 0.766. The molecule has 0 saturated carbocycles. The Morgan fingerprint density at radius 2 is 2.38 bits per heavy atom. The number of aryl methyl sites for hydroxylation is 2. The minimum absolute atomic E-state index is 0.00827. The van der Waals surface area contributed by atoms with Crippen LogP contribution in [0.15, 0.2) is 11.4 Å². The summed E-state index contributed by atoms with van der Waals surface area (Å²) in [5.74, 6) is -0.321. The van der Waals surface area contributed by atoms with Crippen LogP contribution in [0, 0.1) is 6.92 Å². The van der Waals surface area contributed by atoms with Crippen molar-refractivity contribution in [2.45, 2.75) is 18.6 Å². The fourth-order valence-corrected chi connectivity index (χ4v) is 2.38. The van der Waals surface area contributed by atoms with Crippen molar-refractivity contribution >= 4 is 28.5 Å². The van der Waals surface area contributed by atoms with Crippen molar-refractivity contribution in [3.8, 4) is 0 Å². The molecular weight excluding hydrogens is 248 g/mol. The lowest BCUT2D eigenvalue weighted by Crippen LogP contribution is -2.08. The highest BCUT2D eigenvalue weighted by molar-refractivity contribution is 7.99. The molecule has 0 amide bonds. The van der Waals surface area contributed by atoms with Crippen molar-refractivity contribution in [1.82, 2.24) is 9.55 Å². The van der Waals surface area contributed by atoms with Gasteiger partial charge in [0.1, 0.15) is 0 Å². The third-order valence-corrected chi connectivity index (χ3v) is 3.54. The first-order chi connectivity index (χ1) is 7.49. The molecule has 0 bridgehead atoms. The van der Waals surface area contributed by atoms with Crippen LogP contribution in [-0.2, 0) is 22.1 Å². The largest absolute Gasteiger partial charge is 0.481 e. The van der Waals surface area contributed by atoms with E-state index < -0.39 is 16.8 Å². The van der Waals surface area contributed by atoms with Crippen LogP contribution in [0.1, 0.15) is 5.69 Å². The van der Waals surface area contributed by atoms with Crippen LogP contribution in [-0.4, -0.2) is 42.6 Å². The fraction of sp³-hybridized carbons (Fsp3) is 0.556. The van der Waals surface area contributed by atoms with Crippen LogP contribution in [0.2, 0.25) is 0 Å². The van der Waals surface area contributed by atoms with E-state index in [4.69, 9.17) is 5.11 Å². The lowest BCUT2D eigenvalue weighted by atomic mass is 10.6. The molecule has 0 aliphatic carbocycles. The van der Waals surface area contributed by atoms with Crippen molar-refractivity contribution in [1.29, 1.82) is 0 Å². The number of aliphatic carboxylic acids is 1. The second-order valence-electron chi connectivity index (χ2n) is 3.32. The summed E-state index contributed by atoms with van der Waals surface area (Å²) >= 11 is 1.18. The van der Waals surface area contributed by atoms with Gasteiger partial charge in [0, 0.05) is 35.5 Å². The van der Waals surface area contributed by atoms with Crippen LogP contribution in [0.3, 0.4) is 0 Å². The first-order valence-corrected chi connectivity index (χ1v) is 7.38. The van der Waals surface area contributed by atoms with Crippen LogP contribution >= 0.6 is 11.8 Å². The third kappa shape index (κ3) is 4.36. The molecule has 7 heteroatoms. The molecule has 1 N–H and O–H groups in total. The second-order valence-corrected chi connectivity index (χ2v) is 5.82. The summed E-state index contributed by atoms with van der Waals surface area (Å²) in [5.41, 5.74) is 0.842. The van der Waals surface area contributed by atoms with Gasteiger partial charge in [0.15, 0.2) is 5.16 Å². The smallest absolute Gasteiger partial charge is 0.313 e. The number of carboxylic acid groups (broad SMARTS) is 1. The highest BCUT2D eigenvalue weighted by Gasteiger charge is 2.08. The van der Waals surface area contributed by atoms with Crippen molar-refractivity contribution < 1.29 is 14.1 Å². The first kappa shape index (κ1) is 13.2. The highest BCUT2D eigenvalue weighted by Crippen LogP contribution is 2.17. The van der Waals surface area contributed by atoms with Gasteiger partial charge in [0.2, 0.25) is 0 Å².